The lowest BCUT2D eigenvalue weighted by atomic mass is 9.93. The van der Waals surface area contributed by atoms with Crippen LogP contribution in [0.3, 0.4) is 0 Å². The van der Waals surface area contributed by atoms with Crippen molar-refractivity contribution in [3.63, 3.8) is 0 Å². The first-order chi connectivity index (χ1) is 14.0. The number of H-pyrrole nitrogens is 1. The van der Waals surface area contributed by atoms with Gasteiger partial charge in [-0.05, 0) is 44.2 Å². The number of rotatable bonds is 7. The molecule has 3 rings (SSSR count). The van der Waals surface area contributed by atoms with Crippen LogP contribution in [0.25, 0.3) is 5.69 Å². The molecule has 1 aromatic carbocycles. The van der Waals surface area contributed by atoms with Crippen LogP contribution in [0.5, 0.6) is 0 Å². The molecule has 29 heavy (non-hydrogen) atoms. The average molecular weight is 400 g/mol. The summed E-state index contributed by atoms with van der Waals surface area (Å²) in [7, 11) is 0. The number of carbonyl (C=O) groups is 2. The van der Waals surface area contributed by atoms with Crippen LogP contribution in [0, 0.1) is 12.8 Å². The number of piperidine rings is 1. The van der Waals surface area contributed by atoms with Crippen LogP contribution in [-0.2, 0) is 20.7 Å². The smallest absolute Gasteiger partial charge is 0.347 e. The van der Waals surface area contributed by atoms with E-state index in [1.807, 2.05) is 36.1 Å². The molecule has 0 aliphatic carbocycles. The number of amides is 1. The third-order valence-corrected chi connectivity index (χ3v) is 5.38. The average Bonchev–Trinajstić information content (AvgIpc) is 3.07. The summed E-state index contributed by atoms with van der Waals surface area (Å²) in [6, 6.07) is 7.74. The van der Waals surface area contributed by atoms with Gasteiger partial charge in [0.1, 0.15) is 5.82 Å². The normalized spacial score (nSPS) is 14.8. The molecule has 8 heteroatoms. The Hall–Kier alpha value is -2.90. The number of esters is 1. The molecule has 0 spiro atoms. The van der Waals surface area contributed by atoms with Crippen molar-refractivity contribution < 1.29 is 14.3 Å². The molecule has 0 radical (unpaired) electrons. The highest BCUT2D eigenvalue weighted by atomic mass is 16.5. The van der Waals surface area contributed by atoms with E-state index in [0.717, 1.165) is 29.9 Å². The first-order valence-corrected chi connectivity index (χ1v) is 10.1. The Morgan fingerprint density at radius 3 is 2.62 bits per heavy atom. The molecule has 2 heterocycles. The van der Waals surface area contributed by atoms with Crippen LogP contribution in [0.4, 0.5) is 0 Å². The number of hydrogen-bond donors (Lipinski definition) is 1. The first-order valence-electron chi connectivity index (χ1n) is 10.1. The van der Waals surface area contributed by atoms with Crippen molar-refractivity contribution in [2.24, 2.45) is 5.92 Å². The summed E-state index contributed by atoms with van der Waals surface area (Å²) in [6.45, 7) is 5.37. The number of likely N-dealkylation sites (tertiary alicyclic amines) is 1. The summed E-state index contributed by atoms with van der Waals surface area (Å²) in [5.41, 5.74) is 1.62. The van der Waals surface area contributed by atoms with E-state index in [-0.39, 0.29) is 30.4 Å². The van der Waals surface area contributed by atoms with Gasteiger partial charge in [0.05, 0.1) is 18.7 Å². The van der Waals surface area contributed by atoms with Gasteiger partial charge in [-0.2, -0.15) is 5.10 Å². The quantitative estimate of drug-likeness (QED) is 0.717. The lowest BCUT2D eigenvalue weighted by Crippen LogP contribution is -2.39. The van der Waals surface area contributed by atoms with E-state index in [1.165, 1.54) is 0 Å². The zero-order valence-corrected chi connectivity index (χ0v) is 17.0. The summed E-state index contributed by atoms with van der Waals surface area (Å²) in [5.74, 6) is 0.731. The Kier molecular flexibility index (Phi) is 6.85. The topological polar surface area (TPSA) is 97.3 Å². The minimum atomic E-state index is -0.330. The minimum Gasteiger partial charge on any atom is -0.466 e. The number of ether oxygens (including phenoxy) is 1. The monoisotopic (exact) mass is 400 g/mol. The summed E-state index contributed by atoms with van der Waals surface area (Å²) in [5, 5.41) is 6.81. The number of nitrogens with zero attached hydrogens (tertiary/aromatic N) is 3. The van der Waals surface area contributed by atoms with E-state index >= 15 is 0 Å². The number of carbonyl (C=O) groups excluding carboxylic acids is 2. The number of benzene rings is 1. The van der Waals surface area contributed by atoms with E-state index in [1.54, 1.807) is 11.5 Å². The van der Waals surface area contributed by atoms with Crippen molar-refractivity contribution in [3.05, 3.63) is 46.1 Å². The predicted molar refractivity (Wildman–Crippen MR) is 108 cm³/mol. The molecule has 1 aliphatic heterocycles. The number of aryl methyl sites for hydroxylation is 1. The molecule has 0 unspecified atom stereocenters. The fraction of sp³-hybridized carbons (Fsp3) is 0.524. The van der Waals surface area contributed by atoms with Gasteiger partial charge in [0.2, 0.25) is 5.91 Å². The second-order valence-electron chi connectivity index (χ2n) is 7.40. The van der Waals surface area contributed by atoms with Gasteiger partial charge in [-0.1, -0.05) is 18.2 Å². The van der Waals surface area contributed by atoms with Crippen LogP contribution in [0.15, 0.2) is 29.1 Å². The van der Waals surface area contributed by atoms with Gasteiger partial charge in [-0.25, -0.2) is 14.5 Å². The molecule has 1 aromatic heterocycles. The van der Waals surface area contributed by atoms with Gasteiger partial charge in [0.15, 0.2) is 0 Å². The van der Waals surface area contributed by atoms with Gasteiger partial charge >= 0.3 is 11.7 Å². The van der Waals surface area contributed by atoms with E-state index in [2.05, 4.69) is 10.2 Å². The molecule has 1 amide bonds. The Balaban J connectivity index is 1.57. The molecule has 1 N–H and O–H groups in total. The van der Waals surface area contributed by atoms with Crippen molar-refractivity contribution in [1.29, 1.82) is 0 Å². The maximum atomic E-state index is 12.3. The third-order valence-electron chi connectivity index (χ3n) is 5.38. The highest BCUT2D eigenvalue weighted by molar-refractivity contribution is 5.81. The van der Waals surface area contributed by atoms with Crippen LogP contribution >= 0.6 is 0 Å². The second kappa shape index (κ2) is 9.54. The summed E-state index contributed by atoms with van der Waals surface area (Å²) in [6.07, 6.45) is 2.69. The van der Waals surface area contributed by atoms with Gasteiger partial charge in [-0.3, -0.25) is 9.59 Å². The van der Waals surface area contributed by atoms with Gasteiger partial charge in [-0.15, -0.1) is 0 Å². The predicted octanol–water partition coefficient (Wildman–Crippen LogP) is 1.99. The lowest BCUT2D eigenvalue weighted by molar-refractivity contribution is -0.146. The molecule has 1 fully saturated rings. The molecule has 1 saturated heterocycles. The number of nitrogens with one attached hydrogen (secondary N) is 1. The lowest BCUT2D eigenvalue weighted by Gasteiger charge is -2.32. The summed E-state index contributed by atoms with van der Waals surface area (Å²) in [4.78, 5) is 37.9. The van der Waals surface area contributed by atoms with Crippen molar-refractivity contribution in [2.75, 3.05) is 19.7 Å². The Bertz CT molecular complexity index is 909. The molecular weight excluding hydrogens is 372 g/mol. The van der Waals surface area contributed by atoms with Crippen molar-refractivity contribution in [2.45, 2.75) is 46.0 Å². The van der Waals surface area contributed by atoms with Crippen LogP contribution < -0.4 is 5.69 Å². The van der Waals surface area contributed by atoms with Gasteiger partial charge < -0.3 is 9.64 Å². The van der Waals surface area contributed by atoms with Crippen LogP contribution in [-0.4, -0.2) is 51.2 Å². The molecule has 2 aromatic rings. The largest absolute Gasteiger partial charge is 0.466 e. The highest BCUT2D eigenvalue weighted by Gasteiger charge is 2.25. The van der Waals surface area contributed by atoms with E-state index in [4.69, 9.17) is 4.74 Å². The zero-order valence-electron chi connectivity index (χ0n) is 17.0. The van der Waals surface area contributed by atoms with E-state index in [9.17, 15) is 14.4 Å². The van der Waals surface area contributed by atoms with Gasteiger partial charge in [0, 0.05) is 25.9 Å². The van der Waals surface area contributed by atoms with Crippen LogP contribution in [0.1, 0.15) is 44.0 Å². The van der Waals surface area contributed by atoms with E-state index < -0.39 is 0 Å². The van der Waals surface area contributed by atoms with Crippen molar-refractivity contribution >= 4 is 11.9 Å². The van der Waals surface area contributed by atoms with Crippen LogP contribution in [0.2, 0.25) is 0 Å². The number of para-hydroxylation sites is 1. The molecular formula is C21H28N4O4. The summed E-state index contributed by atoms with van der Waals surface area (Å²) >= 11 is 0. The first kappa shape index (κ1) is 20.8. The standard InChI is InChI=1S/C21H28N4O4/c1-3-29-20(27)9-8-19(26)24-12-10-16(11-13-24)14-18-22-23-21(28)25(18)17-7-5-4-6-15(17)2/h4-7,16H,3,8-14H2,1-2H3,(H,23,28). The fourth-order valence-corrected chi connectivity index (χ4v) is 3.77. The molecule has 0 atom stereocenters. The van der Waals surface area contributed by atoms with Crippen molar-refractivity contribution in [3.8, 4) is 5.69 Å². The molecule has 0 bridgehead atoms. The van der Waals surface area contributed by atoms with Crippen molar-refractivity contribution in [1.82, 2.24) is 19.7 Å². The fourth-order valence-electron chi connectivity index (χ4n) is 3.77. The SMILES string of the molecule is CCOC(=O)CCC(=O)N1CCC(Cc2n[nH]c(=O)n2-c2ccccc2C)CC1. The molecule has 156 valence electrons. The second-order valence-corrected chi connectivity index (χ2v) is 7.40. The number of hydrogen-bond acceptors (Lipinski definition) is 5. The maximum Gasteiger partial charge on any atom is 0.347 e. The Labute approximate surface area is 169 Å². The molecule has 0 saturated carbocycles. The van der Waals surface area contributed by atoms with Gasteiger partial charge in [0.25, 0.3) is 0 Å². The summed E-state index contributed by atoms with van der Waals surface area (Å²) < 4.78 is 6.52. The molecule has 8 nitrogen and oxygen atoms in total. The highest BCUT2D eigenvalue weighted by Crippen LogP contribution is 2.23. The Morgan fingerprint density at radius 1 is 1.21 bits per heavy atom. The molecule has 1 aliphatic rings. The van der Waals surface area contributed by atoms with E-state index in [0.29, 0.717) is 32.0 Å². The third kappa shape index (κ3) is 5.13. The number of aromatic nitrogens is 3. The zero-order chi connectivity index (χ0) is 20.8. The maximum absolute atomic E-state index is 12.3. The minimum absolute atomic E-state index is 0.00640. The number of aromatic amines is 1. The Morgan fingerprint density at radius 2 is 1.93 bits per heavy atom.